The van der Waals surface area contributed by atoms with E-state index in [1.807, 2.05) is 19.9 Å². The first-order valence-electron chi connectivity index (χ1n) is 6.66. The van der Waals surface area contributed by atoms with E-state index in [0.717, 1.165) is 0 Å². The number of carboxylic acid groups (broad SMARTS) is 1. The summed E-state index contributed by atoms with van der Waals surface area (Å²) in [6, 6.07) is 6.34. The number of hydrogen-bond acceptors (Lipinski definition) is 3. The van der Waals surface area contributed by atoms with Crippen LogP contribution in [0, 0.1) is 18.3 Å². The molecule has 0 saturated carbocycles. The minimum atomic E-state index is -1.03. The van der Waals surface area contributed by atoms with Crippen LogP contribution in [0.5, 0.6) is 0 Å². The van der Waals surface area contributed by atoms with Crippen molar-refractivity contribution < 1.29 is 14.7 Å². The first-order chi connectivity index (χ1) is 9.88. The summed E-state index contributed by atoms with van der Waals surface area (Å²) in [4.78, 5) is 24.9. The third-order valence-electron chi connectivity index (χ3n) is 3.15. The maximum Gasteiger partial charge on any atom is 0.336 e. The van der Waals surface area contributed by atoms with Gasteiger partial charge in [0, 0.05) is 18.3 Å². The highest BCUT2D eigenvalue weighted by molar-refractivity contribution is 5.95. The lowest BCUT2D eigenvalue weighted by molar-refractivity contribution is 0.0696. The lowest BCUT2D eigenvalue weighted by Gasteiger charge is -2.26. The summed E-state index contributed by atoms with van der Waals surface area (Å²) >= 11 is 0. The SMILES string of the molecule is Cc1c(NC(=O)N(CCC#N)C(C)C)cccc1C(=O)O. The van der Waals surface area contributed by atoms with Crippen molar-refractivity contribution in [1.29, 1.82) is 5.26 Å². The predicted molar refractivity (Wildman–Crippen MR) is 79.2 cm³/mol. The average molecular weight is 289 g/mol. The largest absolute Gasteiger partial charge is 0.478 e. The predicted octanol–water partition coefficient (Wildman–Crippen LogP) is 2.85. The Labute approximate surface area is 124 Å². The third kappa shape index (κ3) is 4.21. The average Bonchev–Trinajstić information content (AvgIpc) is 2.40. The molecule has 2 N–H and O–H groups in total. The van der Waals surface area contributed by atoms with Crippen molar-refractivity contribution in [3.05, 3.63) is 29.3 Å². The van der Waals surface area contributed by atoms with E-state index in [1.54, 1.807) is 19.1 Å². The quantitative estimate of drug-likeness (QED) is 0.871. The minimum Gasteiger partial charge on any atom is -0.478 e. The van der Waals surface area contributed by atoms with Gasteiger partial charge in [0.1, 0.15) is 0 Å². The number of benzene rings is 1. The van der Waals surface area contributed by atoms with Gasteiger partial charge in [-0.05, 0) is 38.5 Å². The molecule has 2 amide bonds. The molecule has 0 aliphatic rings. The second-order valence-electron chi connectivity index (χ2n) is 4.91. The van der Waals surface area contributed by atoms with Gasteiger partial charge >= 0.3 is 12.0 Å². The van der Waals surface area contributed by atoms with Gasteiger partial charge in [0.2, 0.25) is 0 Å². The molecule has 1 aromatic carbocycles. The molecule has 6 heteroatoms. The lowest BCUT2D eigenvalue weighted by Crippen LogP contribution is -2.40. The van der Waals surface area contributed by atoms with Crippen LogP contribution in [0.1, 0.15) is 36.2 Å². The van der Waals surface area contributed by atoms with Crippen LogP contribution >= 0.6 is 0 Å². The first kappa shape index (κ1) is 16.5. The zero-order valence-electron chi connectivity index (χ0n) is 12.4. The van der Waals surface area contributed by atoms with Gasteiger partial charge in [0.05, 0.1) is 18.1 Å². The van der Waals surface area contributed by atoms with Crippen molar-refractivity contribution in [2.24, 2.45) is 0 Å². The Morgan fingerprint density at radius 2 is 2.10 bits per heavy atom. The molecular weight excluding hydrogens is 270 g/mol. The monoisotopic (exact) mass is 289 g/mol. The number of amides is 2. The molecule has 0 heterocycles. The Hall–Kier alpha value is -2.55. The highest BCUT2D eigenvalue weighted by Gasteiger charge is 2.18. The number of carbonyl (C=O) groups is 2. The molecular formula is C15H19N3O3. The fraction of sp³-hybridized carbons (Fsp3) is 0.400. The second kappa shape index (κ2) is 7.29. The molecule has 1 aromatic rings. The molecule has 0 saturated heterocycles. The number of nitrogens with zero attached hydrogens (tertiary/aromatic N) is 2. The molecule has 1 rings (SSSR count). The summed E-state index contributed by atoms with van der Waals surface area (Å²) in [6.07, 6.45) is 0.250. The van der Waals surface area contributed by atoms with E-state index in [4.69, 9.17) is 10.4 Å². The Bertz CT molecular complexity index is 576. The van der Waals surface area contributed by atoms with Gasteiger partial charge in [0.25, 0.3) is 0 Å². The van der Waals surface area contributed by atoms with E-state index in [0.29, 0.717) is 17.8 Å². The number of aromatic carboxylic acids is 1. The highest BCUT2D eigenvalue weighted by Crippen LogP contribution is 2.19. The minimum absolute atomic E-state index is 0.0543. The van der Waals surface area contributed by atoms with Crippen LogP contribution in [-0.2, 0) is 0 Å². The number of nitrogens with one attached hydrogen (secondary N) is 1. The molecule has 0 aromatic heterocycles. The molecule has 0 atom stereocenters. The zero-order valence-corrected chi connectivity index (χ0v) is 12.4. The Balaban J connectivity index is 2.94. The molecule has 0 aliphatic carbocycles. The number of urea groups is 1. The van der Waals surface area contributed by atoms with E-state index >= 15 is 0 Å². The smallest absolute Gasteiger partial charge is 0.336 e. The highest BCUT2D eigenvalue weighted by atomic mass is 16.4. The Kier molecular flexibility index (Phi) is 5.73. The van der Waals surface area contributed by atoms with E-state index in [1.165, 1.54) is 11.0 Å². The summed E-state index contributed by atoms with van der Waals surface area (Å²) in [6.45, 7) is 5.70. The van der Waals surface area contributed by atoms with Crippen molar-refractivity contribution in [2.45, 2.75) is 33.2 Å². The number of carbonyl (C=O) groups excluding carboxylic acids is 1. The fourth-order valence-corrected chi connectivity index (χ4v) is 1.95. The summed E-state index contributed by atoms with van der Waals surface area (Å²) in [5, 5.41) is 20.4. The molecule has 112 valence electrons. The van der Waals surface area contributed by atoms with Gasteiger partial charge in [-0.15, -0.1) is 0 Å². The van der Waals surface area contributed by atoms with Crippen LogP contribution in [-0.4, -0.2) is 34.6 Å². The standard InChI is InChI=1S/C15H19N3O3/c1-10(2)18(9-5-8-16)15(21)17-13-7-4-6-12(11(13)3)14(19)20/h4,6-7,10H,5,9H2,1-3H3,(H,17,21)(H,19,20). The van der Waals surface area contributed by atoms with Crippen molar-refractivity contribution in [2.75, 3.05) is 11.9 Å². The number of rotatable bonds is 5. The third-order valence-corrected chi connectivity index (χ3v) is 3.15. The van der Waals surface area contributed by atoms with E-state index in [2.05, 4.69) is 5.32 Å². The zero-order chi connectivity index (χ0) is 16.0. The van der Waals surface area contributed by atoms with Crippen LogP contribution in [0.2, 0.25) is 0 Å². The molecule has 0 radical (unpaired) electrons. The van der Waals surface area contributed by atoms with Crippen LogP contribution < -0.4 is 5.32 Å². The number of hydrogen-bond donors (Lipinski definition) is 2. The Morgan fingerprint density at radius 3 is 2.62 bits per heavy atom. The maximum absolute atomic E-state index is 12.3. The van der Waals surface area contributed by atoms with E-state index < -0.39 is 5.97 Å². The lowest BCUT2D eigenvalue weighted by atomic mass is 10.1. The Morgan fingerprint density at radius 1 is 1.43 bits per heavy atom. The van der Waals surface area contributed by atoms with Crippen molar-refractivity contribution in [3.63, 3.8) is 0 Å². The topological polar surface area (TPSA) is 93.4 Å². The summed E-state index contributed by atoms with van der Waals surface area (Å²) in [5.41, 5.74) is 1.12. The van der Waals surface area contributed by atoms with Crippen LogP contribution in [0.3, 0.4) is 0 Å². The molecule has 0 bridgehead atoms. The number of anilines is 1. The van der Waals surface area contributed by atoms with Gasteiger partial charge in [-0.1, -0.05) is 6.07 Å². The van der Waals surface area contributed by atoms with Crippen molar-refractivity contribution in [1.82, 2.24) is 4.90 Å². The van der Waals surface area contributed by atoms with E-state index in [-0.39, 0.29) is 24.1 Å². The van der Waals surface area contributed by atoms with Crippen LogP contribution in [0.25, 0.3) is 0 Å². The molecule has 0 fully saturated rings. The number of carboxylic acids is 1. The summed E-state index contributed by atoms with van der Waals surface area (Å²) in [5.74, 6) is -1.03. The normalized spacial score (nSPS) is 10.0. The van der Waals surface area contributed by atoms with Gasteiger partial charge in [-0.25, -0.2) is 9.59 Å². The fourth-order valence-electron chi connectivity index (χ4n) is 1.95. The maximum atomic E-state index is 12.3. The van der Waals surface area contributed by atoms with Crippen LogP contribution in [0.4, 0.5) is 10.5 Å². The van der Waals surface area contributed by atoms with Crippen LogP contribution in [0.15, 0.2) is 18.2 Å². The van der Waals surface area contributed by atoms with Gasteiger partial charge in [-0.2, -0.15) is 5.26 Å². The molecule has 0 spiro atoms. The molecule has 6 nitrogen and oxygen atoms in total. The summed E-state index contributed by atoms with van der Waals surface area (Å²) < 4.78 is 0. The molecule has 21 heavy (non-hydrogen) atoms. The van der Waals surface area contributed by atoms with Gasteiger partial charge < -0.3 is 15.3 Å². The first-order valence-corrected chi connectivity index (χ1v) is 6.66. The summed E-state index contributed by atoms with van der Waals surface area (Å²) in [7, 11) is 0. The van der Waals surface area contributed by atoms with Crippen molar-refractivity contribution >= 4 is 17.7 Å². The molecule has 0 unspecified atom stereocenters. The molecule has 0 aliphatic heterocycles. The van der Waals surface area contributed by atoms with Gasteiger partial charge in [-0.3, -0.25) is 0 Å². The van der Waals surface area contributed by atoms with Crippen molar-refractivity contribution in [3.8, 4) is 6.07 Å². The van der Waals surface area contributed by atoms with Gasteiger partial charge in [0.15, 0.2) is 0 Å². The van der Waals surface area contributed by atoms with E-state index in [9.17, 15) is 9.59 Å². The number of nitriles is 1. The second-order valence-corrected chi connectivity index (χ2v) is 4.91.